The number of alkyl halides is 3. The first-order chi connectivity index (χ1) is 6.34. The first-order valence-corrected chi connectivity index (χ1v) is 3.53. The monoisotopic (exact) mass is 226 g/mol. The molecule has 0 unspecified atom stereocenters. The lowest BCUT2D eigenvalue weighted by Gasteiger charge is -2.09. The average Bonchev–Trinajstić information content (AvgIpc) is 2.01. The average molecular weight is 227 g/mol. The Morgan fingerprint density at radius 2 is 2.00 bits per heavy atom. The fraction of sp³-hybridized carbons (Fsp3) is 0.167. The molecule has 14 heavy (non-hydrogen) atoms. The van der Waals surface area contributed by atoms with Gasteiger partial charge in [0, 0.05) is 0 Å². The van der Waals surface area contributed by atoms with Gasteiger partial charge in [-0.25, -0.2) is 14.8 Å². The summed E-state index contributed by atoms with van der Waals surface area (Å²) in [5.74, 6) is -1.80. The van der Waals surface area contributed by atoms with Crippen LogP contribution in [0.5, 0.6) is 0 Å². The third-order valence-corrected chi connectivity index (χ3v) is 1.57. The second-order valence-corrected chi connectivity index (χ2v) is 2.55. The number of aromatic nitrogens is 2. The number of hydrogen-bond donors (Lipinski definition) is 1. The minimum absolute atomic E-state index is 0.654. The first kappa shape index (κ1) is 10.7. The van der Waals surface area contributed by atoms with Crippen molar-refractivity contribution in [3.05, 3.63) is 22.7 Å². The highest BCUT2D eigenvalue weighted by molar-refractivity contribution is 6.30. The van der Waals surface area contributed by atoms with Gasteiger partial charge in [0.05, 0.1) is 0 Å². The summed E-state index contributed by atoms with van der Waals surface area (Å²) in [6.07, 6.45) is -4.23. The van der Waals surface area contributed by atoms with Crippen LogP contribution in [-0.2, 0) is 6.18 Å². The number of rotatable bonds is 1. The second-order valence-electron chi connectivity index (χ2n) is 2.19. The number of hydrogen-bond acceptors (Lipinski definition) is 3. The van der Waals surface area contributed by atoms with Crippen LogP contribution in [0.25, 0.3) is 0 Å². The Balaban J connectivity index is 3.45. The summed E-state index contributed by atoms with van der Waals surface area (Å²) in [7, 11) is 0. The fourth-order valence-electron chi connectivity index (χ4n) is 0.777. The summed E-state index contributed by atoms with van der Waals surface area (Å²) < 4.78 is 36.7. The highest BCUT2D eigenvalue weighted by Crippen LogP contribution is 2.35. The van der Waals surface area contributed by atoms with Crippen molar-refractivity contribution in [2.24, 2.45) is 0 Å². The molecule has 0 amide bonds. The Hall–Kier alpha value is -1.37. The van der Waals surface area contributed by atoms with Crippen molar-refractivity contribution in [3.63, 3.8) is 0 Å². The zero-order valence-corrected chi connectivity index (χ0v) is 7.10. The van der Waals surface area contributed by atoms with Crippen LogP contribution in [0.15, 0.2) is 6.33 Å². The molecule has 8 heteroatoms. The van der Waals surface area contributed by atoms with Crippen LogP contribution in [0.4, 0.5) is 13.2 Å². The van der Waals surface area contributed by atoms with Crippen molar-refractivity contribution in [2.45, 2.75) is 6.18 Å². The van der Waals surface area contributed by atoms with E-state index >= 15 is 0 Å². The van der Waals surface area contributed by atoms with Gasteiger partial charge in [-0.05, 0) is 0 Å². The SMILES string of the molecule is O=C(O)c1ncnc(Cl)c1C(F)(F)F. The maximum atomic E-state index is 12.2. The standard InChI is InChI=1S/C6H2ClF3N2O2/c7-4-2(6(8,9)10)3(5(13)14)11-1-12-4/h1H,(H,13,14). The largest absolute Gasteiger partial charge is 0.476 e. The molecule has 0 bridgehead atoms. The van der Waals surface area contributed by atoms with Gasteiger partial charge >= 0.3 is 12.1 Å². The molecule has 0 aromatic carbocycles. The van der Waals surface area contributed by atoms with E-state index in [9.17, 15) is 18.0 Å². The minimum Gasteiger partial charge on any atom is -0.476 e. The third-order valence-electron chi connectivity index (χ3n) is 1.29. The lowest BCUT2D eigenvalue weighted by Crippen LogP contribution is -2.16. The van der Waals surface area contributed by atoms with E-state index in [1.165, 1.54) is 0 Å². The quantitative estimate of drug-likeness (QED) is 0.742. The van der Waals surface area contributed by atoms with E-state index in [4.69, 9.17) is 16.7 Å². The Morgan fingerprint density at radius 1 is 1.43 bits per heavy atom. The van der Waals surface area contributed by atoms with Gasteiger partial charge in [0.1, 0.15) is 17.0 Å². The van der Waals surface area contributed by atoms with E-state index in [0.29, 0.717) is 6.33 Å². The van der Waals surface area contributed by atoms with E-state index in [1.54, 1.807) is 0 Å². The van der Waals surface area contributed by atoms with Gasteiger partial charge in [-0.15, -0.1) is 0 Å². The van der Waals surface area contributed by atoms with Gasteiger partial charge in [-0.3, -0.25) is 0 Å². The van der Waals surface area contributed by atoms with Crippen molar-refractivity contribution >= 4 is 17.6 Å². The Bertz CT molecular complexity index is 380. The maximum absolute atomic E-state index is 12.2. The minimum atomic E-state index is -4.88. The molecule has 0 aliphatic rings. The van der Waals surface area contributed by atoms with Crippen molar-refractivity contribution < 1.29 is 23.1 Å². The molecule has 0 aliphatic carbocycles. The molecule has 0 saturated heterocycles. The van der Waals surface area contributed by atoms with Gasteiger partial charge in [-0.1, -0.05) is 11.6 Å². The predicted octanol–water partition coefficient (Wildman–Crippen LogP) is 1.85. The molecule has 1 N–H and O–H groups in total. The number of carboxylic acid groups (broad SMARTS) is 1. The molecular weight excluding hydrogens is 225 g/mol. The normalized spacial score (nSPS) is 11.4. The highest BCUT2D eigenvalue weighted by Gasteiger charge is 2.39. The third kappa shape index (κ3) is 1.92. The molecule has 1 aromatic rings. The van der Waals surface area contributed by atoms with Gasteiger partial charge in [0.25, 0.3) is 0 Å². The van der Waals surface area contributed by atoms with Crippen LogP contribution >= 0.6 is 11.6 Å². The fourth-order valence-corrected chi connectivity index (χ4v) is 1.02. The van der Waals surface area contributed by atoms with Crippen molar-refractivity contribution in [2.75, 3.05) is 0 Å². The summed E-state index contributed by atoms with van der Waals surface area (Å²) >= 11 is 5.12. The number of carboxylic acids is 1. The molecule has 76 valence electrons. The van der Waals surface area contributed by atoms with Gasteiger partial charge < -0.3 is 5.11 Å². The van der Waals surface area contributed by atoms with Gasteiger partial charge in [-0.2, -0.15) is 13.2 Å². The molecule has 1 aromatic heterocycles. The molecule has 1 heterocycles. The molecule has 1 rings (SSSR count). The molecule has 0 aliphatic heterocycles. The zero-order valence-electron chi connectivity index (χ0n) is 6.34. The maximum Gasteiger partial charge on any atom is 0.421 e. The first-order valence-electron chi connectivity index (χ1n) is 3.15. The predicted molar refractivity (Wildman–Crippen MR) is 39.0 cm³/mol. The van der Waals surface area contributed by atoms with Crippen LogP contribution in [0.3, 0.4) is 0 Å². The molecule has 0 fully saturated rings. The number of aromatic carboxylic acids is 1. The van der Waals surface area contributed by atoms with Gasteiger partial charge in [0.15, 0.2) is 5.69 Å². The van der Waals surface area contributed by atoms with Crippen LogP contribution in [-0.4, -0.2) is 21.0 Å². The molecule has 0 saturated carbocycles. The van der Waals surface area contributed by atoms with E-state index in [-0.39, 0.29) is 0 Å². The van der Waals surface area contributed by atoms with E-state index in [2.05, 4.69) is 9.97 Å². The summed E-state index contributed by atoms with van der Waals surface area (Å²) in [6, 6.07) is 0. The molecule has 0 radical (unpaired) electrons. The zero-order chi connectivity index (χ0) is 10.9. The van der Waals surface area contributed by atoms with E-state index < -0.39 is 28.6 Å². The van der Waals surface area contributed by atoms with E-state index in [0.717, 1.165) is 0 Å². The Labute approximate surface area is 80.4 Å². The number of halogens is 4. The number of carbonyl (C=O) groups is 1. The summed E-state index contributed by atoms with van der Waals surface area (Å²) in [5.41, 5.74) is -2.69. The van der Waals surface area contributed by atoms with Crippen LogP contribution in [0.2, 0.25) is 5.15 Å². The Morgan fingerprint density at radius 3 is 2.36 bits per heavy atom. The molecule has 0 atom stereocenters. The molecule has 4 nitrogen and oxygen atoms in total. The van der Waals surface area contributed by atoms with Crippen LogP contribution < -0.4 is 0 Å². The molecule has 0 spiro atoms. The van der Waals surface area contributed by atoms with Crippen LogP contribution in [0.1, 0.15) is 16.1 Å². The van der Waals surface area contributed by atoms with E-state index in [1.807, 2.05) is 0 Å². The highest BCUT2D eigenvalue weighted by atomic mass is 35.5. The lowest BCUT2D eigenvalue weighted by atomic mass is 10.2. The Kier molecular flexibility index (Phi) is 2.61. The van der Waals surface area contributed by atoms with Crippen LogP contribution in [0, 0.1) is 0 Å². The van der Waals surface area contributed by atoms with Gasteiger partial charge in [0.2, 0.25) is 0 Å². The topological polar surface area (TPSA) is 63.1 Å². The second kappa shape index (κ2) is 3.41. The lowest BCUT2D eigenvalue weighted by molar-refractivity contribution is -0.138. The smallest absolute Gasteiger partial charge is 0.421 e. The summed E-state index contributed by atoms with van der Waals surface area (Å²) in [4.78, 5) is 16.4. The van der Waals surface area contributed by atoms with Crippen molar-refractivity contribution in [1.82, 2.24) is 9.97 Å². The summed E-state index contributed by atoms with van der Waals surface area (Å²) in [5, 5.41) is 7.48. The molecular formula is C6H2ClF3N2O2. The van der Waals surface area contributed by atoms with Crippen molar-refractivity contribution in [1.29, 1.82) is 0 Å². The summed E-state index contributed by atoms with van der Waals surface area (Å²) in [6.45, 7) is 0. The van der Waals surface area contributed by atoms with Crippen molar-refractivity contribution in [3.8, 4) is 0 Å². The number of nitrogens with zero attached hydrogens (tertiary/aromatic N) is 2.